The zero-order valence-electron chi connectivity index (χ0n) is 17.1. The molecule has 0 spiro atoms. The molecule has 2 aliphatic heterocycles. The standard InChI is InChI=1S/C21H24Cl2N4O2S/c1-13-24-21(12-27(13)3)30(28,29)25-16-6-4-5-14(7-16)18-10-26(2)11-19-17(18)8-15(22)9-20(19)23/h4-9,18,21,25H,10-12H2,1-3H3. The van der Waals surface area contributed by atoms with Crippen LogP contribution in [0.3, 0.4) is 0 Å². The highest BCUT2D eigenvalue weighted by Crippen LogP contribution is 2.39. The minimum atomic E-state index is -3.64. The fourth-order valence-electron chi connectivity index (χ4n) is 4.06. The van der Waals surface area contributed by atoms with E-state index in [-0.39, 0.29) is 5.92 Å². The summed E-state index contributed by atoms with van der Waals surface area (Å²) in [6, 6.07) is 11.2. The van der Waals surface area contributed by atoms with Crippen LogP contribution in [0, 0.1) is 0 Å². The SMILES string of the molecule is CC1=NC(S(=O)(=O)Nc2cccc(C3CN(C)Cc4c(Cl)cc(Cl)cc43)c2)CN1C. The molecular formula is C21H24Cl2N4O2S. The summed E-state index contributed by atoms with van der Waals surface area (Å²) >= 11 is 12.7. The van der Waals surface area contributed by atoms with Crippen molar-refractivity contribution in [3.8, 4) is 0 Å². The fraction of sp³-hybridized carbons (Fsp3) is 0.381. The van der Waals surface area contributed by atoms with E-state index >= 15 is 0 Å². The normalized spacial score (nSPS) is 22.0. The maximum atomic E-state index is 12.8. The minimum absolute atomic E-state index is 0.0392. The highest BCUT2D eigenvalue weighted by Gasteiger charge is 2.32. The molecule has 0 saturated carbocycles. The van der Waals surface area contributed by atoms with Crippen molar-refractivity contribution in [2.24, 2.45) is 4.99 Å². The van der Waals surface area contributed by atoms with Crippen molar-refractivity contribution in [1.82, 2.24) is 9.80 Å². The molecule has 2 aliphatic rings. The van der Waals surface area contributed by atoms with Gasteiger partial charge in [0.25, 0.3) is 10.0 Å². The van der Waals surface area contributed by atoms with E-state index in [0.717, 1.165) is 35.6 Å². The van der Waals surface area contributed by atoms with Gasteiger partial charge in [0.2, 0.25) is 0 Å². The number of sulfonamides is 1. The van der Waals surface area contributed by atoms with Gasteiger partial charge in [-0.2, -0.15) is 0 Å². The van der Waals surface area contributed by atoms with Crippen LogP contribution in [-0.4, -0.2) is 56.6 Å². The van der Waals surface area contributed by atoms with Gasteiger partial charge >= 0.3 is 0 Å². The van der Waals surface area contributed by atoms with E-state index in [4.69, 9.17) is 23.2 Å². The number of rotatable bonds is 4. The molecular weight excluding hydrogens is 443 g/mol. The maximum Gasteiger partial charge on any atom is 0.257 e. The van der Waals surface area contributed by atoms with Crippen LogP contribution in [-0.2, 0) is 16.6 Å². The second-order valence-corrected chi connectivity index (χ2v) is 10.7. The van der Waals surface area contributed by atoms with Crippen LogP contribution in [0.25, 0.3) is 0 Å². The second kappa shape index (κ2) is 8.04. The molecule has 2 atom stereocenters. The summed E-state index contributed by atoms with van der Waals surface area (Å²) < 4.78 is 28.4. The molecule has 2 unspecified atom stereocenters. The van der Waals surface area contributed by atoms with Crippen LogP contribution in [0.4, 0.5) is 5.69 Å². The lowest BCUT2D eigenvalue weighted by atomic mass is 9.84. The van der Waals surface area contributed by atoms with E-state index in [1.807, 2.05) is 50.2 Å². The number of fused-ring (bicyclic) bond motifs is 1. The predicted octanol–water partition coefficient (Wildman–Crippen LogP) is 4.00. The maximum absolute atomic E-state index is 12.8. The summed E-state index contributed by atoms with van der Waals surface area (Å²) in [6.07, 6.45) is 0. The van der Waals surface area contributed by atoms with Crippen molar-refractivity contribution in [3.63, 3.8) is 0 Å². The van der Waals surface area contributed by atoms with Gasteiger partial charge in [0.15, 0.2) is 5.37 Å². The number of hydrogen-bond donors (Lipinski definition) is 1. The highest BCUT2D eigenvalue weighted by molar-refractivity contribution is 7.93. The largest absolute Gasteiger partial charge is 0.360 e. The minimum Gasteiger partial charge on any atom is -0.360 e. The average Bonchev–Trinajstić information content (AvgIpc) is 3.01. The third-order valence-electron chi connectivity index (χ3n) is 5.71. The Morgan fingerprint density at radius 1 is 1.13 bits per heavy atom. The Balaban J connectivity index is 1.65. The zero-order chi connectivity index (χ0) is 21.6. The molecule has 2 aromatic carbocycles. The van der Waals surface area contributed by atoms with E-state index in [0.29, 0.717) is 22.3 Å². The first kappa shape index (κ1) is 21.4. The molecule has 30 heavy (non-hydrogen) atoms. The smallest absolute Gasteiger partial charge is 0.257 e. The van der Waals surface area contributed by atoms with Gasteiger partial charge in [0.1, 0.15) is 0 Å². The number of benzene rings is 2. The van der Waals surface area contributed by atoms with Gasteiger partial charge in [-0.05, 0) is 54.9 Å². The summed E-state index contributed by atoms with van der Waals surface area (Å²) in [5.41, 5.74) is 3.68. The van der Waals surface area contributed by atoms with Gasteiger partial charge in [0.05, 0.1) is 12.4 Å². The number of nitrogens with zero attached hydrogens (tertiary/aromatic N) is 3. The van der Waals surface area contributed by atoms with Crippen molar-refractivity contribution in [3.05, 3.63) is 63.1 Å². The lowest BCUT2D eigenvalue weighted by Gasteiger charge is -2.33. The van der Waals surface area contributed by atoms with Gasteiger partial charge < -0.3 is 9.80 Å². The third kappa shape index (κ3) is 4.17. The van der Waals surface area contributed by atoms with Crippen LogP contribution in [0.2, 0.25) is 10.0 Å². The quantitative estimate of drug-likeness (QED) is 0.739. The van der Waals surface area contributed by atoms with E-state index < -0.39 is 15.4 Å². The molecule has 0 aliphatic carbocycles. The average molecular weight is 467 g/mol. The summed E-state index contributed by atoms with van der Waals surface area (Å²) in [7, 11) is 0.239. The molecule has 0 bridgehead atoms. The van der Waals surface area contributed by atoms with Crippen LogP contribution in [0.1, 0.15) is 29.5 Å². The molecule has 2 heterocycles. The van der Waals surface area contributed by atoms with Gasteiger partial charge in [-0.1, -0.05) is 35.3 Å². The van der Waals surface area contributed by atoms with Gasteiger partial charge in [-0.15, -0.1) is 0 Å². The summed E-state index contributed by atoms with van der Waals surface area (Å²) in [4.78, 5) is 8.30. The van der Waals surface area contributed by atoms with Gasteiger partial charge in [-0.3, -0.25) is 4.72 Å². The van der Waals surface area contributed by atoms with Crippen LogP contribution < -0.4 is 4.72 Å². The summed E-state index contributed by atoms with van der Waals surface area (Å²) in [5.74, 6) is 0.756. The molecule has 0 fully saturated rings. The van der Waals surface area contributed by atoms with Gasteiger partial charge in [-0.25, -0.2) is 13.4 Å². The Hall–Kier alpha value is -1.80. The number of aliphatic imine (C=N–C) groups is 1. The zero-order valence-corrected chi connectivity index (χ0v) is 19.4. The first-order chi connectivity index (χ1) is 14.1. The van der Waals surface area contributed by atoms with Crippen molar-refractivity contribution in [2.45, 2.75) is 24.8 Å². The van der Waals surface area contributed by atoms with Gasteiger partial charge in [0, 0.05) is 41.8 Å². The monoisotopic (exact) mass is 466 g/mol. The van der Waals surface area contributed by atoms with Crippen molar-refractivity contribution >= 4 is 44.7 Å². The Labute approximate surface area is 187 Å². The molecule has 0 amide bonds. The molecule has 2 aromatic rings. The number of anilines is 1. The van der Waals surface area contributed by atoms with Crippen LogP contribution in [0.15, 0.2) is 41.4 Å². The number of nitrogens with one attached hydrogen (secondary N) is 1. The van der Waals surface area contributed by atoms with Crippen molar-refractivity contribution < 1.29 is 8.42 Å². The Kier molecular flexibility index (Phi) is 5.74. The molecule has 4 rings (SSSR count). The number of likely N-dealkylation sites (N-methyl/N-ethyl adjacent to an activating group) is 2. The first-order valence-corrected chi connectivity index (χ1v) is 12.0. The number of amidine groups is 1. The second-order valence-electron chi connectivity index (χ2n) is 7.99. The first-order valence-electron chi connectivity index (χ1n) is 9.67. The molecule has 0 aromatic heterocycles. The molecule has 6 nitrogen and oxygen atoms in total. The van der Waals surface area contributed by atoms with Crippen molar-refractivity contribution in [2.75, 3.05) is 31.9 Å². The van der Waals surface area contributed by atoms with E-state index in [1.165, 1.54) is 0 Å². The lowest BCUT2D eigenvalue weighted by Crippen LogP contribution is -2.32. The van der Waals surface area contributed by atoms with E-state index in [2.05, 4.69) is 14.6 Å². The number of halogens is 2. The Morgan fingerprint density at radius 2 is 1.90 bits per heavy atom. The topological polar surface area (TPSA) is 65.0 Å². The highest BCUT2D eigenvalue weighted by atomic mass is 35.5. The molecule has 1 N–H and O–H groups in total. The summed E-state index contributed by atoms with van der Waals surface area (Å²) in [6.45, 7) is 3.69. The van der Waals surface area contributed by atoms with Crippen molar-refractivity contribution in [1.29, 1.82) is 0 Å². The Bertz CT molecular complexity index is 1120. The lowest BCUT2D eigenvalue weighted by molar-refractivity contribution is 0.295. The molecule has 9 heteroatoms. The van der Waals surface area contributed by atoms with Crippen LogP contribution in [0.5, 0.6) is 0 Å². The molecule has 160 valence electrons. The molecule has 0 saturated heterocycles. The van der Waals surface area contributed by atoms with Crippen LogP contribution >= 0.6 is 23.2 Å². The van der Waals surface area contributed by atoms with E-state index in [1.54, 1.807) is 12.1 Å². The predicted molar refractivity (Wildman–Crippen MR) is 123 cm³/mol. The third-order valence-corrected chi connectivity index (χ3v) is 7.76. The fourth-order valence-corrected chi connectivity index (χ4v) is 5.94. The number of hydrogen-bond acceptors (Lipinski definition) is 5. The molecule has 0 radical (unpaired) electrons. The summed E-state index contributed by atoms with van der Waals surface area (Å²) in [5, 5.41) is 0.443. The van der Waals surface area contributed by atoms with E-state index in [9.17, 15) is 8.42 Å². The Morgan fingerprint density at radius 3 is 2.60 bits per heavy atom.